The van der Waals surface area contributed by atoms with Crippen LogP contribution in [0.3, 0.4) is 0 Å². The summed E-state index contributed by atoms with van der Waals surface area (Å²) in [6.07, 6.45) is 10.8. The lowest BCUT2D eigenvalue weighted by molar-refractivity contribution is -0.122. The lowest BCUT2D eigenvalue weighted by Crippen LogP contribution is -2.47. The Kier molecular flexibility index (Phi) is 8.73. The molecule has 0 bridgehead atoms. The summed E-state index contributed by atoms with van der Waals surface area (Å²) in [5.74, 6) is -0.770. The van der Waals surface area contributed by atoms with Crippen LogP contribution in [0, 0.1) is 11.7 Å². The number of hydrogen-bond donors (Lipinski definition) is 3. The zero-order valence-corrected chi connectivity index (χ0v) is 19.4. The molecule has 0 spiro atoms. The highest BCUT2D eigenvalue weighted by molar-refractivity contribution is 5.98. The SMILES string of the molecule is C=C/C=C(/NC(=O)[C@@H](CC1CCCC1)NC(=O)c1cccc(Nc2ccncc2F)c1)C(=C)C. The zero-order valence-electron chi connectivity index (χ0n) is 19.4. The normalized spacial score (nSPS) is 14.8. The number of halogens is 1. The zero-order chi connectivity index (χ0) is 24.5. The third kappa shape index (κ3) is 6.88. The van der Waals surface area contributed by atoms with Crippen molar-refractivity contribution in [3.8, 4) is 0 Å². The van der Waals surface area contributed by atoms with Crippen LogP contribution in [0.4, 0.5) is 15.8 Å². The summed E-state index contributed by atoms with van der Waals surface area (Å²) in [7, 11) is 0. The van der Waals surface area contributed by atoms with Gasteiger partial charge in [0.1, 0.15) is 6.04 Å². The van der Waals surface area contributed by atoms with E-state index in [2.05, 4.69) is 34.1 Å². The van der Waals surface area contributed by atoms with Gasteiger partial charge in [0, 0.05) is 23.1 Å². The van der Waals surface area contributed by atoms with Gasteiger partial charge in [-0.2, -0.15) is 0 Å². The minimum atomic E-state index is -0.697. The molecule has 7 heteroatoms. The average molecular weight is 463 g/mol. The Hall–Kier alpha value is -3.74. The standard InChI is InChI=1S/C27H31FN4O2/c1-4-8-23(18(2)3)31-27(34)25(15-19-9-5-6-10-19)32-26(33)20-11-7-12-21(16-20)30-24-13-14-29-17-22(24)28/h4,7-8,11-14,16-17,19,25H,1-2,5-6,9-10,15H2,3H3,(H,29,30)(H,31,34)(H,32,33)/b23-8+/t25-/m1/s1. The second-order valence-corrected chi connectivity index (χ2v) is 8.56. The molecule has 1 saturated carbocycles. The summed E-state index contributed by atoms with van der Waals surface area (Å²) in [4.78, 5) is 30.0. The molecule has 1 atom stereocenters. The quantitative estimate of drug-likeness (QED) is 0.413. The minimum absolute atomic E-state index is 0.257. The molecule has 2 amide bonds. The van der Waals surface area contributed by atoms with Crippen molar-refractivity contribution in [3.63, 3.8) is 0 Å². The average Bonchev–Trinajstić information content (AvgIpc) is 3.33. The van der Waals surface area contributed by atoms with Crippen LogP contribution in [0.2, 0.25) is 0 Å². The minimum Gasteiger partial charge on any atom is -0.353 e. The second-order valence-electron chi connectivity index (χ2n) is 8.56. The fraction of sp³-hybridized carbons (Fsp3) is 0.296. The van der Waals surface area contributed by atoms with Crippen molar-refractivity contribution in [2.45, 2.75) is 45.1 Å². The smallest absolute Gasteiger partial charge is 0.252 e. The monoisotopic (exact) mass is 462 g/mol. The first kappa shape index (κ1) is 24.9. The van der Waals surface area contributed by atoms with E-state index in [9.17, 15) is 14.0 Å². The lowest BCUT2D eigenvalue weighted by atomic mass is 9.97. The van der Waals surface area contributed by atoms with Gasteiger partial charge in [0.05, 0.1) is 11.9 Å². The highest BCUT2D eigenvalue weighted by Crippen LogP contribution is 2.29. The number of benzene rings is 1. The molecule has 3 N–H and O–H groups in total. The second kappa shape index (κ2) is 11.9. The van der Waals surface area contributed by atoms with Gasteiger partial charge in [-0.15, -0.1) is 0 Å². The Morgan fingerprint density at radius 3 is 2.71 bits per heavy atom. The van der Waals surface area contributed by atoms with Crippen molar-refractivity contribution < 1.29 is 14.0 Å². The summed E-state index contributed by atoms with van der Waals surface area (Å²) >= 11 is 0. The van der Waals surface area contributed by atoms with Crippen molar-refractivity contribution in [2.75, 3.05) is 5.32 Å². The lowest BCUT2D eigenvalue weighted by Gasteiger charge is -2.22. The van der Waals surface area contributed by atoms with E-state index in [0.717, 1.165) is 31.9 Å². The molecule has 34 heavy (non-hydrogen) atoms. The highest BCUT2D eigenvalue weighted by Gasteiger charge is 2.27. The van der Waals surface area contributed by atoms with Gasteiger partial charge in [0.25, 0.3) is 5.91 Å². The molecule has 6 nitrogen and oxygen atoms in total. The fourth-order valence-corrected chi connectivity index (χ4v) is 4.05. The highest BCUT2D eigenvalue weighted by atomic mass is 19.1. The third-order valence-corrected chi connectivity index (χ3v) is 5.84. The first-order valence-corrected chi connectivity index (χ1v) is 11.4. The van der Waals surface area contributed by atoms with E-state index in [1.165, 1.54) is 12.3 Å². The molecule has 2 aromatic rings. The van der Waals surface area contributed by atoms with Gasteiger partial charge in [0.2, 0.25) is 5.91 Å². The van der Waals surface area contributed by atoms with E-state index in [4.69, 9.17) is 0 Å². The molecule has 0 saturated heterocycles. The number of amides is 2. The number of carbonyl (C=O) groups is 2. The van der Waals surface area contributed by atoms with Crippen LogP contribution >= 0.6 is 0 Å². The number of allylic oxidation sites excluding steroid dienone is 3. The summed E-state index contributed by atoms with van der Waals surface area (Å²) in [6.45, 7) is 9.37. The molecule has 1 aliphatic rings. The number of hydrogen-bond acceptors (Lipinski definition) is 4. The van der Waals surface area contributed by atoms with E-state index in [0.29, 0.717) is 34.9 Å². The summed E-state index contributed by atoms with van der Waals surface area (Å²) in [6, 6.07) is 7.53. The Labute approximate surface area is 200 Å². The maximum atomic E-state index is 13.9. The number of carbonyl (C=O) groups excluding carboxylic acids is 2. The van der Waals surface area contributed by atoms with E-state index in [-0.39, 0.29) is 17.5 Å². The Bertz CT molecular complexity index is 1090. The van der Waals surface area contributed by atoms with Crippen LogP contribution < -0.4 is 16.0 Å². The van der Waals surface area contributed by atoms with Crippen LogP contribution in [0.1, 0.15) is 49.4 Å². The maximum Gasteiger partial charge on any atom is 0.252 e. The summed E-state index contributed by atoms with van der Waals surface area (Å²) in [5, 5.41) is 8.73. The molecule has 3 rings (SSSR count). The van der Waals surface area contributed by atoms with Crippen LogP contribution in [-0.2, 0) is 4.79 Å². The molecule has 1 aromatic carbocycles. The summed E-state index contributed by atoms with van der Waals surface area (Å²) in [5.41, 5.74) is 2.43. The Morgan fingerprint density at radius 1 is 1.26 bits per heavy atom. The number of anilines is 2. The molecule has 178 valence electrons. The summed E-state index contributed by atoms with van der Waals surface area (Å²) < 4.78 is 13.9. The largest absolute Gasteiger partial charge is 0.353 e. The van der Waals surface area contributed by atoms with Gasteiger partial charge in [0.15, 0.2) is 5.82 Å². The van der Waals surface area contributed by atoms with Gasteiger partial charge in [-0.1, -0.05) is 51.0 Å². The number of aromatic nitrogens is 1. The van der Waals surface area contributed by atoms with Crippen molar-refractivity contribution in [1.82, 2.24) is 15.6 Å². The first-order chi connectivity index (χ1) is 16.4. The molecule has 1 fully saturated rings. The van der Waals surface area contributed by atoms with Crippen LogP contribution in [0.25, 0.3) is 0 Å². The molecule has 1 aliphatic carbocycles. The van der Waals surface area contributed by atoms with Crippen LogP contribution in [0.5, 0.6) is 0 Å². The van der Waals surface area contributed by atoms with Gasteiger partial charge in [-0.3, -0.25) is 14.6 Å². The van der Waals surface area contributed by atoms with Crippen molar-refractivity contribution in [2.24, 2.45) is 5.92 Å². The van der Waals surface area contributed by atoms with Crippen LogP contribution in [-0.4, -0.2) is 22.8 Å². The molecule has 0 unspecified atom stereocenters. The van der Waals surface area contributed by atoms with Crippen molar-refractivity contribution in [3.05, 3.63) is 90.7 Å². The number of pyridine rings is 1. The molecule has 1 heterocycles. The number of rotatable bonds is 10. The number of nitrogens with one attached hydrogen (secondary N) is 3. The van der Waals surface area contributed by atoms with E-state index >= 15 is 0 Å². The van der Waals surface area contributed by atoms with Gasteiger partial charge in [-0.25, -0.2) is 4.39 Å². The van der Waals surface area contributed by atoms with Gasteiger partial charge >= 0.3 is 0 Å². The van der Waals surface area contributed by atoms with Gasteiger partial charge < -0.3 is 16.0 Å². The van der Waals surface area contributed by atoms with E-state index < -0.39 is 11.9 Å². The van der Waals surface area contributed by atoms with Crippen molar-refractivity contribution >= 4 is 23.2 Å². The molecular formula is C27H31FN4O2. The predicted molar refractivity (Wildman–Crippen MR) is 133 cm³/mol. The fourth-order valence-electron chi connectivity index (χ4n) is 4.05. The molecule has 1 aromatic heterocycles. The predicted octanol–water partition coefficient (Wildman–Crippen LogP) is 5.41. The topological polar surface area (TPSA) is 83.1 Å². The van der Waals surface area contributed by atoms with E-state index in [1.54, 1.807) is 43.3 Å². The van der Waals surface area contributed by atoms with Crippen LogP contribution in [0.15, 0.2) is 79.3 Å². The van der Waals surface area contributed by atoms with Gasteiger partial charge in [-0.05, 0) is 55.2 Å². The van der Waals surface area contributed by atoms with E-state index in [1.807, 2.05) is 0 Å². The Morgan fingerprint density at radius 2 is 2.03 bits per heavy atom. The number of nitrogens with zero attached hydrogens (tertiary/aromatic N) is 1. The first-order valence-electron chi connectivity index (χ1n) is 11.4. The Balaban J connectivity index is 1.76. The molecular weight excluding hydrogens is 431 g/mol. The maximum absolute atomic E-state index is 13.9. The molecule has 0 radical (unpaired) electrons. The molecule has 0 aliphatic heterocycles. The third-order valence-electron chi connectivity index (χ3n) is 5.84. The van der Waals surface area contributed by atoms with Crippen molar-refractivity contribution in [1.29, 1.82) is 0 Å².